The lowest BCUT2D eigenvalue weighted by Crippen LogP contribution is -2.31. The Kier molecular flexibility index (Phi) is 6.25. The minimum Gasteiger partial charge on any atom is -0.497 e. The Morgan fingerprint density at radius 3 is 2.47 bits per heavy atom. The quantitative estimate of drug-likeness (QED) is 0.584. The van der Waals surface area contributed by atoms with Crippen LogP contribution in [0.1, 0.15) is 56.5 Å². The van der Waals surface area contributed by atoms with Crippen molar-refractivity contribution in [3.63, 3.8) is 0 Å². The fourth-order valence-electron chi connectivity index (χ4n) is 3.48. The summed E-state index contributed by atoms with van der Waals surface area (Å²) in [5.41, 5.74) is 2.82. The second-order valence-corrected chi connectivity index (χ2v) is 6.90. The van der Waals surface area contributed by atoms with Gasteiger partial charge in [-0.3, -0.25) is 4.79 Å². The molecule has 0 saturated heterocycles. The van der Waals surface area contributed by atoms with Gasteiger partial charge in [-0.15, -0.1) is 0 Å². The summed E-state index contributed by atoms with van der Waals surface area (Å²) in [5.74, 6) is 0.609. The Hall–Kier alpha value is -3.55. The van der Waals surface area contributed by atoms with Gasteiger partial charge >= 0.3 is 5.97 Å². The average molecular weight is 410 g/mol. The SMILES string of the molecule is CCc1[nH]c(C(=O)NC(c2ccc(OC)cc2)c2nccn2C)c(C)c1C(=O)OC. The van der Waals surface area contributed by atoms with Crippen molar-refractivity contribution in [3.05, 3.63) is 70.6 Å². The number of carbonyl (C=O) groups excluding carboxylic acids is 2. The van der Waals surface area contributed by atoms with Crippen LogP contribution in [0.25, 0.3) is 0 Å². The summed E-state index contributed by atoms with van der Waals surface area (Å²) in [7, 11) is 4.80. The number of aromatic amines is 1. The van der Waals surface area contributed by atoms with E-state index in [1.165, 1.54) is 7.11 Å². The van der Waals surface area contributed by atoms with Crippen molar-refractivity contribution in [1.29, 1.82) is 0 Å². The molecule has 1 amide bonds. The minimum atomic E-state index is -0.488. The molecule has 3 rings (SSSR count). The molecule has 8 nitrogen and oxygen atoms in total. The van der Waals surface area contributed by atoms with E-state index in [0.717, 1.165) is 11.3 Å². The first kappa shape index (κ1) is 21.2. The Morgan fingerprint density at radius 1 is 1.23 bits per heavy atom. The summed E-state index contributed by atoms with van der Waals surface area (Å²) >= 11 is 0. The van der Waals surface area contributed by atoms with Gasteiger partial charge in [-0.05, 0) is 36.6 Å². The average Bonchev–Trinajstić information content (AvgIpc) is 3.34. The molecule has 0 radical (unpaired) electrons. The van der Waals surface area contributed by atoms with Gasteiger partial charge in [-0.25, -0.2) is 9.78 Å². The Labute approximate surface area is 175 Å². The number of benzene rings is 1. The van der Waals surface area contributed by atoms with E-state index in [-0.39, 0.29) is 5.91 Å². The standard InChI is InChI=1S/C22H26N4O4/c1-6-16-17(22(28)30-5)13(2)18(24-16)21(27)25-19(20-23-11-12-26(20)3)14-7-9-15(29-4)10-8-14/h7-12,19,24H,6H2,1-5H3,(H,25,27). The zero-order valence-corrected chi connectivity index (χ0v) is 17.8. The molecule has 30 heavy (non-hydrogen) atoms. The third-order valence-electron chi connectivity index (χ3n) is 5.14. The number of hydrogen-bond acceptors (Lipinski definition) is 5. The van der Waals surface area contributed by atoms with E-state index in [2.05, 4.69) is 15.3 Å². The van der Waals surface area contributed by atoms with E-state index in [1.807, 2.05) is 49.0 Å². The van der Waals surface area contributed by atoms with Crippen LogP contribution in [0.3, 0.4) is 0 Å². The van der Waals surface area contributed by atoms with Crippen molar-refractivity contribution in [2.75, 3.05) is 14.2 Å². The third-order valence-corrected chi connectivity index (χ3v) is 5.14. The number of H-pyrrole nitrogens is 1. The normalized spacial score (nSPS) is 11.8. The van der Waals surface area contributed by atoms with Gasteiger partial charge in [0.15, 0.2) is 0 Å². The Bertz CT molecular complexity index is 1050. The highest BCUT2D eigenvalue weighted by molar-refractivity contribution is 6.00. The molecule has 0 spiro atoms. The summed E-state index contributed by atoms with van der Waals surface area (Å²) in [4.78, 5) is 32.9. The highest BCUT2D eigenvalue weighted by Crippen LogP contribution is 2.25. The summed E-state index contributed by atoms with van der Waals surface area (Å²) in [5, 5.41) is 3.05. The van der Waals surface area contributed by atoms with Gasteiger partial charge in [0.1, 0.15) is 23.3 Å². The highest BCUT2D eigenvalue weighted by atomic mass is 16.5. The maximum absolute atomic E-state index is 13.2. The second-order valence-electron chi connectivity index (χ2n) is 6.90. The molecule has 0 fully saturated rings. The summed E-state index contributed by atoms with van der Waals surface area (Å²) < 4.78 is 12.0. The molecule has 158 valence electrons. The van der Waals surface area contributed by atoms with Gasteiger partial charge < -0.3 is 24.3 Å². The van der Waals surface area contributed by atoms with Crippen molar-refractivity contribution >= 4 is 11.9 Å². The van der Waals surface area contributed by atoms with Crippen LogP contribution in [0.2, 0.25) is 0 Å². The number of methoxy groups -OCH3 is 2. The lowest BCUT2D eigenvalue weighted by molar-refractivity contribution is 0.0599. The van der Waals surface area contributed by atoms with Gasteiger partial charge in [0, 0.05) is 25.1 Å². The van der Waals surface area contributed by atoms with E-state index in [1.54, 1.807) is 20.2 Å². The molecule has 2 heterocycles. The summed E-state index contributed by atoms with van der Waals surface area (Å²) in [6.07, 6.45) is 4.07. The van der Waals surface area contributed by atoms with Gasteiger partial charge in [0.05, 0.1) is 19.8 Å². The first-order valence-electron chi connectivity index (χ1n) is 9.63. The zero-order valence-electron chi connectivity index (χ0n) is 17.8. The van der Waals surface area contributed by atoms with Crippen LogP contribution in [0.5, 0.6) is 5.75 Å². The van der Waals surface area contributed by atoms with Gasteiger partial charge in [-0.1, -0.05) is 19.1 Å². The molecule has 0 aliphatic carbocycles. The Morgan fingerprint density at radius 2 is 1.93 bits per heavy atom. The Balaban J connectivity index is 1.99. The van der Waals surface area contributed by atoms with Gasteiger partial charge in [-0.2, -0.15) is 0 Å². The highest BCUT2D eigenvalue weighted by Gasteiger charge is 2.27. The van der Waals surface area contributed by atoms with E-state index < -0.39 is 12.0 Å². The van der Waals surface area contributed by atoms with Crippen molar-refractivity contribution < 1.29 is 19.1 Å². The lowest BCUT2D eigenvalue weighted by Gasteiger charge is -2.19. The molecule has 3 aromatic rings. The summed E-state index contributed by atoms with van der Waals surface area (Å²) in [6.45, 7) is 3.65. The topological polar surface area (TPSA) is 98.2 Å². The molecule has 0 saturated carbocycles. The molecule has 1 atom stereocenters. The molecule has 8 heteroatoms. The molecule has 1 unspecified atom stereocenters. The number of hydrogen-bond donors (Lipinski definition) is 2. The van der Waals surface area contributed by atoms with E-state index >= 15 is 0 Å². The molecular weight excluding hydrogens is 384 g/mol. The van der Waals surface area contributed by atoms with Crippen molar-refractivity contribution in [1.82, 2.24) is 19.9 Å². The number of carbonyl (C=O) groups is 2. The maximum Gasteiger partial charge on any atom is 0.339 e. The molecule has 0 aliphatic heterocycles. The number of nitrogens with zero attached hydrogens (tertiary/aromatic N) is 2. The lowest BCUT2D eigenvalue weighted by atomic mass is 10.0. The molecular formula is C22H26N4O4. The maximum atomic E-state index is 13.2. The van der Waals surface area contributed by atoms with Crippen molar-refractivity contribution in [2.24, 2.45) is 7.05 Å². The van der Waals surface area contributed by atoms with Crippen LogP contribution in [-0.2, 0) is 18.2 Å². The number of rotatable bonds is 7. The molecule has 2 N–H and O–H groups in total. The second kappa shape index (κ2) is 8.86. The van der Waals surface area contributed by atoms with Gasteiger partial charge in [0.25, 0.3) is 5.91 Å². The number of aromatic nitrogens is 3. The van der Waals surface area contributed by atoms with Crippen molar-refractivity contribution in [3.8, 4) is 5.75 Å². The number of esters is 1. The van der Waals surface area contributed by atoms with Crippen LogP contribution < -0.4 is 10.1 Å². The van der Waals surface area contributed by atoms with Crippen LogP contribution >= 0.6 is 0 Å². The van der Waals surface area contributed by atoms with E-state index in [0.29, 0.717) is 34.8 Å². The van der Waals surface area contributed by atoms with Crippen molar-refractivity contribution in [2.45, 2.75) is 26.3 Å². The molecule has 2 aromatic heterocycles. The third kappa shape index (κ3) is 3.94. The molecule has 0 bridgehead atoms. The largest absolute Gasteiger partial charge is 0.497 e. The smallest absolute Gasteiger partial charge is 0.339 e. The van der Waals surface area contributed by atoms with Crippen LogP contribution in [0, 0.1) is 6.92 Å². The zero-order chi connectivity index (χ0) is 21.8. The van der Waals surface area contributed by atoms with Crippen LogP contribution in [0.4, 0.5) is 0 Å². The van der Waals surface area contributed by atoms with Crippen LogP contribution in [0.15, 0.2) is 36.7 Å². The fourth-order valence-corrected chi connectivity index (χ4v) is 3.48. The number of nitrogens with one attached hydrogen (secondary N) is 2. The predicted molar refractivity (Wildman–Crippen MR) is 112 cm³/mol. The number of ether oxygens (including phenoxy) is 2. The van der Waals surface area contributed by atoms with Crippen LogP contribution in [-0.4, -0.2) is 40.6 Å². The number of aryl methyl sites for hydroxylation is 2. The molecule has 0 aliphatic rings. The minimum absolute atomic E-state index is 0.332. The number of amides is 1. The van der Waals surface area contributed by atoms with E-state index in [9.17, 15) is 9.59 Å². The summed E-state index contributed by atoms with van der Waals surface area (Å²) in [6, 6.07) is 6.95. The number of imidazole rings is 1. The monoisotopic (exact) mass is 410 g/mol. The van der Waals surface area contributed by atoms with Gasteiger partial charge in [0.2, 0.25) is 0 Å². The molecule has 1 aromatic carbocycles. The first-order chi connectivity index (χ1) is 14.4. The first-order valence-corrected chi connectivity index (χ1v) is 9.63. The predicted octanol–water partition coefficient (Wildman–Crippen LogP) is 2.93. The van der Waals surface area contributed by atoms with E-state index in [4.69, 9.17) is 9.47 Å². The fraction of sp³-hybridized carbons (Fsp3) is 0.318.